The highest BCUT2D eigenvalue weighted by Crippen LogP contribution is 2.38. The minimum atomic E-state index is 0. The summed E-state index contributed by atoms with van der Waals surface area (Å²) in [4.78, 5) is 0. The summed E-state index contributed by atoms with van der Waals surface area (Å²) in [5, 5.41) is 17.0. The molecule has 0 saturated carbocycles. The zero-order valence-corrected chi connectivity index (χ0v) is 16.0. The van der Waals surface area contributed by atoms with Crippen molar-refractivity contribution in [1.29, 1.82) is 5.26 Å². The van der Waals surface area contributed by atoms with Gasteiger partial charge >= 0.3 is 0 Å². The summed E-state index contributed by atoms with van der Waals surface area (Å²) in [7, 11) is 1.65. The van der Waals surface area contributed by atoms with Gasteiger partial charge < -0.3 is 4.74 Å². The van der Waals surface area contributed by atoms with Gasteiger partial charge in [-0.15, -0.1) is 12.4 Å². The third kappa shape index (κ3) is 3.62. The molecule has 0 spiro atoms. The zero-order chi connectivity index (χ0) is 18.6. The second-order valence-electron chi connectivity index (χ2n) is 6.11. The lowest BCUT2D eigenvalue weighted by Crippen LogP contribution is -1.87. The predicted molar refractivity (Wildman–Crippen MR) is 113 cm³/mol. The van der Waals surface area contributed by atoms with E-state index in [1.165, 1.54) is 0 Å². The first-order valence-corrected chi connectivity index (χ1v) is 8.59. The zero-order valence-electron chi connectivity index (χ0n) is 15.2. The van der Waals surface area contributed by atoms with E-state index in [1.807, 2.05) is 60.7 Å². The molecule has 0 atom stereocenters. The summed E-state index contributed by atoms with van der Waals surface area (Å²) >= 11 is 0. The van der Waals surface area contributed by atoms with Crippen LogP contribution in [0.25, 0.3) is 33.6 Å². The van der Waals surface area contributed by atoms with Crippen molar-refractivity contribution in [3.05, 3.63) is 84.4 Å². The molecule has 0 unspecified atom stereocenters. The summed E-state index contributed by atoms with van der Waals surface area (Å²) in [5.74, 6) is 0.802. The number of hydrogen-bond donors (Lipinski definition) is 1. The van der Waals surface area contributed by atoms with Crippen LogP contribution >= 0.6 is 12.4 Å². The van der Waals surface area contributed by atoms with Crippen LogP contribution in [0.1, 0.15) is 5.56 Å². The van der Waals surface area contributed by atoms with Crippen molar-refractivity contribution in [2.24, 2.45) is 0 Å². The average Bonchev–Trinajstić information content (AvgIpc) is 3.19. The third-order valence-corrected chi connectivity index (χ3v) is 4.47. The van der Waals surface area contributed by atoms with Gasteiger partial charge in [-0.25, -0.2) is 0 Å². The number of H-pyrrole nitrogens is 1. The van der Waals surface area contributed by atoms with Crippen molar-refractivity contribution in [3.8, 4) is 45.5 Å². The molecule has 1 aromatic heterocycles. The highest BCUT2D eigenvalue weighted by atomic mass is 35.5. The number of benzene rings is 3. The molecule has 5 heteroatoms. The Morgan fingerprint density at radius 3 is 2.25 bits per heavy atom. The number of hydrogen-bond acceptors (Lipinski definition) is 3. The van der Waals surface area contributed by atoms with Crippen LogP contribution in [0, 0.1) is 11.3 Å². The molecule has 138 valence electrons. The molecule has 3 aromatic carbocycles. The third-order valence-electron chi connectivity index (χ3n) is 4.47. The van der Waals surface area contributed by atoms with E-state index >= 15 is 0 Å². The quantitative estimate of drug-likeness (QED) is 0.487. The molecule has 0 amide bonds. The number of halogens is 1. The molecule has 0 aliphatic heterocycles. The number of nitriles is 1. The molecular formula is C23H18ClN3O. The van der Waals surface area contributed by atoms with Crippen molar-refractivity contribution in [3.63, 3.8) is 0 Å². The number of methoxy groups -OCH3 is 1. The summed E-state index contributed by atoms with van der Waals surface area (Å²) in [6, 6.07) is 27.7. The van der Waals surface area contributed by atoms with Crippen LogP contribution in [0.2, 0.25) is 0 Å². The van der Waals surface area contributed by atoms with E-state index < -0.39 is 0 Å². The lowest BCUT2D eigenvalue weighted by molar-refractivity contribution is 0.415. The van der Waals surface area contributed by atoms with Crippen LogP contribution < -0.4 is 4.74 Å². The predicted octanol–water partition coefficient (Wildman–Crippen LogP) is 5.71. The Kier molecular flexibility index (Phi) is 5.78. The average molecular weight is 388 g/mol. The Morgan fingerprint density at radius 1 is 0.857 bits per heavy atom. The summed E-state index contributed by atoms with van der Waals surface area (Å²) in [6.45, 7) is 0. The first-order chi connectivity index (χ1) is 13.3. The standard InChI is InChI=1S/C23H17N3O.ClH/c1-27-20-12-10-17(11-13-20)21-22(18-7-3-2-4-8-18)25-26-23(21)19-9-5-6-16(14-19)15-24;/h2-14H,1H3,(H,25,26);1H. The van der Waals surface area contributed by atoms with Gasteiger partial charge in [0, 0.05) is 16.7 Å². The second kappa shape index (κ2) is 8.43. The normalized spacial score (nSPS) is 10.0. The first kappa shape index (κ1) is 19.2. The van der Waals surface area contributed by atoms with E-state index in [1.54, 1.807) is 13.2 Å². The van der Waals surface area contributed by atoms with Crippen LogP contribution in [-0.2, 0) is 0 Å². The molecule has 1 heterocycles. The molecule has 0 aliphatic carbocycles. The number of ether oxygens (including phenoxy) is 1. The van der Waals surface area contributed by atoms with Crippen molar-refractivity contribution in [2.75, 3.05) is 7.11 Å². The van der Waals surface area contributed by atoms with Gasteiger partial charge in [0.1, 0.15) is 11.4 Å². The summed E-state index contributed by atoms with van der Waals surface area (Å²) < 4.78 is 5.29. The van der Waals surface area contributed by atoms with Gasteiger partial charge in [-0.05, 0) is 29.8 Å². The molecule has 0 bridgehead atoms. The van der Waals surface area contributed by atoms with Crippen LogP contribution in [0.5, 0.6) is 5.75 Å². The fourth-order valence-corrected chi connectivity index (χ4v) is 3.14. The Bertz CT molecular complexity index is 1110. The van der Waals surface area contributed by atoms with Gasteiger partial charge in [-0.2, -0.15) is 10.4 Å². The number of aromatic nitrogens is 2. The maximum absolute atomic E-state index is 9.24. The highest BCUT2D eigenvalue weighted by molar-refractivity contribution is 5.91. The SMILES string of the molecule is COc1ccc(-c2c(-c3cccc(C#N)c3)n[nH]c2-c2ccccc2)cc1.Cl. The molecule has 4 rings (SSSR count). The van der Waals surface area contributed by atoms with Crippen molar-refractivity contribution < 1.29 is 4.74 Å². The summed E-state index contributed by atoms with van der Waals surface area (Å²) in [6.07, 6.45) is 0. The summed E-state index contributed by atoms with van der Waals surface area (Å²) in [5.41, 5.74) is 6.35. The van der Waals surface area contributed by atoms with Gasteiger partial charge in [0.05, 0.1) is 24.4 Å². The molecule has 4 aromatic rings. The van der Waals surface area contributed by atoms with E-state index in [0.29, 0.717) is 5.56 Å². The maximum Gasteiger partial charge on any atom is 0.118 e. The Balaban J connectivity index is 0.00000225. The van der Waals surface area contributed by atoms with Crippen molar-refractivity contribution >= 4 is 12.4 Å². The maximum atomic E-state index is 9.24. The van der Waals surface area contributed by atoms with Gasteiger partial charge in [0.15, 0.2) is 0 Å². The fraction of sp³-hybridized carbons (Fsp3) is 0.0435. The van der Waals surface area contributed by atoms with Crippen LogP contribution in [-0.4, -0.2) is 17.3 Å². The monoisotopic (exact) mass is 387 g/mol. The number of nitrogens with one attached hydrogen (secondary N) is 1. The van der Waals surface area contributed by atoms with E-state index in [4.69, 9.17) is 4.74 Å². The molecule has 1 N–H and O–H groups in total. The molecule has 0 radical (unpaired) electrons. The van der Waals surface area contributed by atoms with Crippen molar-refractivity contribution in [1.82, 2.24) is 10.2 Å². The molecule has 28 heavy (non-hydrogen) atoms. The second-order valence-corrected chi connectivity index (χ2v) is 6.11. The minimum Gasteiger partial charge on any atom is -0.497 e. The molecule has 4 nitrogen and oxygen atoms in total. The molecule has 0 fully saturated rings. The number of nitrogens with zero attached hydrogens (tertiary/aromatic N) is 2. The van der Waals surface area contributed by atoms with E-state index in [9.17, 15) is 5.26 Å². The van der Waals surface area contributed by atoms with Gasteiger partial charge in [0.2, 0.25) is 0 Å². The number of rotatable bonds is 4. The van der Waals surface area contributed by atoms with E-state index in [0.717, 1.165) is 39.4 Å². The van der Waals surface area contributed by atoms with Gasteiger partial charge in [0.25, 0.3) is 0 Å². The fourth-order valence-electron chi connectivity index (χ4n) is 3.14. The topological polar surface area (TPSA) is 61.7 Å². The number of aromatic amines is 1. The van der Waals surface area contributed by atoms with Crippen LogP contribution in [0.15, 0.2) is 78.9 Å². The van der Waals surface area contributed by atoms with Crippen LogP contribution in [0.4, 0.5) is 0 Å². The van der Waals surface area contributed by atoms with Crippen molar-refractivity contribution in [2.45, 2.75) is 0 Å². The minimum absolute atomic E-state index is 0. The largest absolute Gasteiger partial charge is 0.497 e. The molecule has 0 saturated heterocycles. The van der Waals surface area contributed by atoms with Gasteiger partial charge in [-0.1, -0.05) is 54.6 Å². The first-order valence-electron chi connectivity index (χ1n) is 8.59. The smallest absolute Gasteiger partial charge is 0.118 e. The van der Waals surface area contributed by atoms with Gasteiger partial charge in [-0.3, -0.25) is 5.10 Å². The molecular weight excluding hydrogens is 370 g/mol. The Morgan fingerprint density at radius 2 is 1.57 bits per heavy atom. The van der Waals surface area contributed by atoms with E-state index in [2.05, 4.69) is 28.4 Å². The molecule has 0 aliphatic rings. The lowest BCUT2D eigenvalue weighted by Gasteiger charge is -2.08. The Labute approximate surface area is 169 Å². The Hall–Kier alpha value is -3.55. The van der Waals surface area contributed by atoms with E-state index in [-0.39, 0.29) is 12.4 Å². The van der Waals surface area contributed by atoms with Crippen LogP contribution in [0.3, 0.4) is 0 Å². The highest BCUT2D eigenvalue weighted by Gasteiger charge is 2.18. The lowest BCUT2D eigenvalue weighted by atomic mass is 9.95.